The van der Waals surface area contributed by atoms with Crippen molar-refractivity contribution >= 4 is 35.3 Å². The fourth-order valence-corrected chi connectivity index (χ4v) is 3.55. The Labute approximate surface area is 136 Å². The van der Waals surface area contributed by atoms with Crippen LogP contribution in [0.15, 0.2) is 47.0 Å². The van der Waals surface area contributed by atoms with Crippen molar-refractivity contribution in [1.29, 1.82) is 0 Å². The van der Waals surface area contributed by atoms with Gasteiger partial charge in [-0.1, -0.05) is 18.2 Å². The molecule has 0 N–H and O–H groups in total. The third kappa shape index (κ3) is 2.09. The molecular formula is C19H20BN2O+. The number of furan rings is 1. The number of fused-ring (bicyclic) bond motifs is 3. The number of hydrogen-bond donors (Lipinski definition) is 0. The van der Waals surface area contributed by atoms with E-state index in [-0.39, 0.29) is 6.85 Å². The molecule has 3 aromatic rings. The summed E-state index contributed by atoms with van der Waals surface area (Å²) in [7, 11) is 2.10. The van der Waals surface area contributed by atoms with Crippen LogP contribution in [0.3, 0.4) is 0 Å². The summed E-state index contributed by atoms with van der Waals surface area (Å²) in [4.78, 5) is 2.39. The molecule has 0 unspecified atom stereocenters. The summed E-state index contributed by atoms with van der Waals surface area (Å²) in [6, 6.07) is 12.6. The molecule has 0 saturated heterocycles. The molecule has 0 fully saturated rings. The Morgan fingerprint density at radius 1 is 1.13 bits per heavy atom. The van der Waals surface area contributed by atoms with Crippen LogP contribution in [0.4, 0.5) is 5.82 Å². The first-order chi connectivity index (χ1) is 11.1. The van der Waals surface area contributed by atoms with Gasteiger partial charge in [-0.2, -0.15) is 0 Å². The third-order valence-corrected chi connectivity index (χ3v) is 4.67. The standard InChI is InChI=1S/C19H20BN2O/c1-13-9-10-21(4)18(11-13)22-14(2)19-15-7-5-6-8-16(15)23-17(19)12-20(22)3/h5-12H,1-4H3/q+1. The third-order valence-electron chi connectivity index (χ3n) is 4.67. The van der Waals surface area contributed by atoms with Gasteiger partial charge in [0.2, 0.25) is 0 Å². The zero-order chi connectivity index (χ0) is 16.1. The Morgan fingerprint density at radius 2 is 1.91 bits per heavy atom. The van der Waals surface area contributed by atoms with E-state index in [0.717, 1.165) is 11.0 Å². The average Bonchev–Trinajstić information content (AvgIpc) is 2.88. The van der Waals surface area contributed by atoms with Gasteiger partial charge in [-0.25, -0.2) is 4.57 Å². The minimum Gasteiger partial charge on any atom is -0.457 e. The minimum atomic E-state index is 0.246. The molecule has 0 atom stereocenters. The van der Waals surface area contributed by atoms with Gasteiger partial charge in [0.1, 0.15) is 11.0 Å². The highest BCUT2D eigenvalue weighted by molar-refractivity contribution is 6.77. The Hall–Kier alpha value is -2.49. The average molecular weight is 303 g/mol. The van der Waals surface area contributed by atoms with Crippen molar-refractivity contribution < 1.29 is 8.98 Å². The molecule has 23 heavy (non-hydrogen) atoms. The molecule has 0 bridgehead atoms. The highest BCUT2D eigenvalue weighted by Crippen LogP contribution is 2.21. The zero-order valence-corrected chi connectivity index (χ0v) is 14.0. The van der Waals surface area contributed by atoms with Gasteiger partial charge in [0.05, 0.1) is 24.2 Å². The highest BCUT2D eigenvalue weighted by atomic mass is 16.3. The predicted octanol–water partition coefficient (Wildman–Crippen LogP) is 2.16. The number of para-hydroxylation sites is 1. The van der Waals surface area contributed by atoms with Crippen molar-refractivity contribution in [2.45, 2.75) is 20.7 Å². The van der Waals surface area contributed by atoms with Gasteiger partial charge in [-0.15, -0.1) is 0 Å². The summed E-state index contributed by atoms with van der Waals surface area (Å²) < 4.78 is 8.23. The van der Waals surface area contributed by atoms with Crippen LogP contribution in [0.1, 0.15) is 12.5 Å². The number of anilines is 1. The monoisotopic (exact) mass is 303 g/mol. The van der Waals surface area contributed by atoms with Crippen molar-refractivity contribution in [3.63, 3.8) is 0 Å². The number of benzene rings is 1. The van der Waals surface area contributed by atoms with Crippen LogP contribution in [-0.4, -0.2) is 6.85 Å². The summed E-state index contributed by atoms with van der Waals surface area (Å²) in [5.41, 5.74) is 4.45. The van der Waals surface area contributed by atoms with Gasteiger partial charge in [-0.05, 0) is 44.3 Å². The van der Waals surface area contributed by atoms with Crippen LogP contribution in [0, 0.1) is 6.92 Å². The Kier molecular flexibility index (Phi) is 3.08. The number of rotatable bonds is 1. The normalized spacial score (nSPS) is 14.2. The molecule has 0 aliphatic carbocycles. The molecule has 4 heteroatoms. The van der Waals surface area contributed by atoms with E-state index < -0.39 is 0 Å². The molecule has 0 saturated carbocycles. The second-order valence-corrected chi connectivity index (χ2v) is 6.37. The van der Waals surface area contributed by atoms with E-state index in [1.807, 2.05) is 12.1 Å². The van der Waals surface area contributed by atoms with Crippen LogP contribution < -0.4 is 20.0 Å². The van der Waals surface area contributed by atoms with Gasteiger partial charge in [0.15, 0.2) is 0 Å². The molecule has 3 heterocycles. The van der Waals surface area contributed by atoms with Crippen LogP contribution in [0.5, 0.6) is 0 Å². The maximum Gasteiger partial charge on any atom is 0.405 e. The summed E-state index contributed by atoms with van der Waals surface area (Å²) in [5, 5.41) is 2.39. The molecule has 4 rings (SSSR count). The van der Waals surface area contributed by atoms with E-state index in [1.54, 1.807) is 0 Å². The van der Waals surface area contributed by atoms with E-state index in [2.05, 4.69) is 73.5 Å². The predicted molar refractivity (Wildman–Crippen MR) is 95.5 cm³/mol. The first kappa shape index (κ1) is 14.1. The van der Waals surface area contributed by atoms with Gasteiger partial charge >= 0.3 is 6.85 Å². The second-order valence-electron chi connectivity index (χ2n) is 6.37. The topological polar surface area (TPSA) is 20.3 Å². The van der Waals surface area contributed by atoms with Crippen LogP contribution >= 0.6 is 0 Å². The summed E-state index contributed by atoms with van der Waals surface area (Å²) in [6.45, 7) is 6.78. The maximum atomic E-state index is 6.06. The van der Waals surface area contributed by atoms with Crippen LogP contribution in [0.2, 0.25) is 6.82 Å². The first-order valence-corrected chi connectivity index (χ1v) is 8.02. The van der Waals surface area contributed by atoms with Gasteiger partial charge in [-0.3, -0.25) is 4.81 Å². The lowest BCUT2D eigenvalue weighted by atomic mass is 9.61. The Balaban J connectivity index is 2.06. The van der Waals surface area contributed by atoms with E-state index in [0.29, 0.717) is 0 Å². The zero-order valence-electron chi connectivity index (χ0n) is 14.0. The molecule has 0 radical (unpaired) electrons. The van der Waals surface area contributed by atoms with E-state index in [9.17, 15) is 0 Å². The van der Waals surface area contributed by atoms with E-state index in [4.69, 9.17) is 4.42 Å². The van der Waals surface area contributed by atoms with Gasteiger partial charge in [0, 0.05) is 11.5 Å². The summed E-state index contributed by atoms with van der Waals surface area (Å²) >= 11 is 0. The summed E-state index contributed by atoms with van der Waals surface area (Å²) in [6.07, 6.45) is 2.12. The van der Waals surface area contributed by atoms with Gasteiger partial charge in [0.25, 0.3) is 5.82 Å². The largest absolute Gasteiger partial charge is 0.457 e. The minimum absolute atomic E-state index is 0.246. The van der Waals surface area contributed by atoms with Crippen LogP contribution in [0.25, 0.3) is 22.6 Å². The van der Waals surface area contributed by atoms with Crippen molar-refractivity contribution in [2.75, 3.05) is 4.81 Å². The quantitative estimate of drug-likeness (QED) is 0.507. The fourth-order valence-electron chi connectivity index (χ4n) is 3.55. The number of nitrogens with zero attached hydrogens (tertiary/aromatic N) is 2. The lowest BCUT2D eigenvalue weighted by molar-refractivity contribution is -0.658. The van der Waals surface area contributed by atoms with Crippen molar-refractivity contribution in [3.8, 4) is 0 Å². The smallest absolute Gasteiger partial charge is 0.405 e. The number of aryl methyl sites for hydroxylation is 2. The Morgan fingerprint density at radius 3 is 2.74 bits per heavy atom. The summed E-state index contributed by atoms with van der Waals surface area (Å²) in [5.74, 6) is 3.41. The number of pyridine rings is 1. The molecule has 3 nitrogen and oxygen atoms in total. The molecular weight excluding hydrogens is 283 g/mol. The molecule has 2 aromatic heterocycles. The van der Waals surface area contributed by atoms with Crippen LogP contribution in [-0.2, 0) is 7.05 Å². The molecule has 1 aliphatic heterocycles. The molecule has 0 amide bonds. The first-order valence-electron chi connectivity index (χ1n) is 8.02. The van der Waals surface area contributed by atoms with E-state index >= 15 is 0 Å². The fraction of sp³-hybridized carbons (Fsp3) is 0.211. The number of hydrogen-bond acceptors (Lipinski definition) is 2. The molecule has 1 aromatic carbocycles. The molecule has 114 valence electrons. The van der Waals surface area contributed by atoms with Gasteiger partial charge < -0.3 is 4.42 Å². The lowest BCUT2D eigenvalue weighted by Gasteiger charge is -2.23. The second kappa shape index (κ2) is 5.02. The maximum absolute atomic E-state index is 6.06. The SMILES string of the molecule is CB1C=c2oc3ccccc3c2=C(C)N1c1cc(C)cc[n+]1C. The molecule has 1 aliphatic rings. The van der Waals surface area contributed by atoms with Crippen molar-refractivity contribution in [3.05, 3.63) is 58.8 Å². The Bertz CT molecular complexity index is 1040. The highest BCUT2D eigenvalue weighted by Gasteiger charge is 2.33. The lowest BCUT2D eigenvalue weighted by Crippen LogP contribution is -2.50. The molecule has 0 spiro atoms. The van der Waals surface area contributed by atoms with E-state index in [1.165, 1.54) is 27.7 Å². The number of aromatic nitrogens is 1. The van der Waals surface area contributed by atoms with Crippen molar-refractivity contribution in [1.82, 2.24) is 0 Å². The van der Waals surface area contributed by atoms with Crippen molar-refractivity contribution in [2.24, 2.45) is 7.05 Å².